The lowest BCUT2D eigenvalue weighted by Gasteiger charge is -2.39. The van der Waals surface area contributed by atoms with E-state index < -0.39 is 0 Å². The van der Waals surface area contributed by atoms with Gasteiger partial charge in [-0.3, -0.25) is 9.78 Å². The van der Waals surface area contributed by atoms with E-state index in [9.17, 15) is 4.79 Å². The summed E-state index contributed by atoms with van der Waals surface area (Å²) in [7, 11) is 0. The van der Waals surface area contributed by atoms with Crippen LogP contribution in [0.15, 0.2) is 48.7 Å². The molecule has 3 aromatic rings. The third kappa shape index (κ3) is 4.12. The van der Waals surface area contributed by atoms with E-state index in [-0.39, 0.29) is 11.4 Å². The van der Waals surface area contributed by atoms with Gasteiger partial charge in [0, 0.05) is 17.1 Å². The number of para-hydroxylation sites is 1. The first-order valence-corrected chi connectivity index (χ1v) is 10.8. The van der Waals surface area contributed by atoms with Crippen LogP contribution in [-0.4, -0.2) is 16.4 Å². The second-order valence-electron chi connectivity index (χ2n) is 8.00. The molecule has 0 atom stereocenters. The van der Waals surface area contributed by atoms with Crippen molar-refractivity contribution in [3.05, 3.63) is 75.4 Å². The van der Waals surface area contributed by atoms with E-state index in [4.69, 9.17) is 23.2 Å². The molecule has 1 aromatic heterocycles. The number of pyridine rings is 1. The van der Waals surface area contributed by atoms with Crippen LogP contribution in [0.5, 0.6) is 0 Å². The molecule has 0 spiro atoms. The second-order valence-corrected chi connectivity index (χ2v) is 8.78. The average molecular weight is 427 g/mol. The number of nitrogens with zero attached hydrogens (tertiary/aromatic N) is 1. The number of rotatable bonds is 4. The highest BCUT2D eigenvalue weighted by molar-refractivity contribution is 6.42. The zero-order valence-corrected chi connectivity index (χ0v) is 18.0. The fraction of sp³-hybridized carbons (Fsp3) is 0.333. The Morgan fingerprint density at radius 3 is 2.62 bits per heavy atom. The van der Waals surface area contributed by atoms with Crippen LogP contribution in [0.3, 0.4) is 0 Å². The first-order valence-electron chi connectivity index (χ1n) is 10.1. The van der Waals surface area contributed by atoms with Crippen LogP contribution in [-0.2, 0) is 6.42 Å². The first kappa shape index (κ1) is 20.2. The van der Waals surface area contributed by atoms with Gasteiger partial charge in [-0.15, -0.1) is 0 Å². The van der Waals surface area contributed by atoms with Gasteiger partial charge in [-0.2, -0.15) is 0 Å². The van der Waals surface area contributed by atoms with E-state index in [1.54, 1.807) is 12.3 Å². The molecular formula is C24H24Cl2N2O. The molecule has 4 rings (SSSR count). The zero-order valence-electron chi connectivity index (χ0n) is 16.5. The number of carbonyl (C=O) groups excluding carboxylic acids is 1. The summed E-state index contributed by atoms with van der Waals surface area (Å²) in [6.07, 6.45) is 7.61. The molecule has 29 heavy (non-hydrogen) atoms. The predicted octanol–water partition coefficient (Wildman–Crippen LogP) is 6.53. The Morgan fingerprint density at radius 1 is 1.07 bits per heavy atom. The minimum atomic E-state index is -0.318. The number of fused-ring (bicyclic) bond motifs is 1. The highest BCUT2D eigenvalue weighted by Gasteiger charge is 2.35. The summed E-state index contributed by atoms with van der Waals surface area (Å²) in [5.41, 5.74) is 3.15. The Balaban J connectivity index is 1.65. The normalized spacial score (nSPS) is 16.0. The third-order valence-corrected chi connectivity index (χ3v) is 6.90. The Bertz CT molecular complexity index is 1060. The summed E-state index contributed by atoms with van der Waals surface area (Å²) in [4.78, 5) is 17.8. The van der Waals surface area contributed by atoms with E-state index in [1.807, 2.05) is 43.3 Å². The van der Waals surface area contributed by atoms with E-state index in [2.05, 4.69) is 10.3 Å². The number of benzene rings is 2. The van der Waals surface area contributed by atoms with Crippen LogP contribution in [0.1, 0.15) is 53.6 Å². The molecule has 1 saturated carbocycles. The van der Waals surface area contributed by atoms with Crippen molar-refractivity contribution in [2.45, 2.75) is 51.0 Å². The van der Waals surface area contributed by atoms with Gasteiger partial charge in [0.15, 0.2) is 0 Å². The lowest BCUT2D eigenvalue weighted by molar-refractivity contribution is 0.0867. The molecule has 1 aliphatic carbocycles. The Morgan fingerprint density at radius 2 is 1.83 bits per heavy atom. The quantitative estimate of drug-likeness (QED) is 0.515. The van der Waals surface area contributed by atoms with Crippen molar-refractivity contribution in [1.82, 2.24) is 10.3 Å². The SMILES string of the molecule is Cc1c(C(=O)NC2(Cc3cccc(Cl)c3Cl)CCCCC2)cnc2ccccc12. The number of hydrogen-bond donors (Lipinski definition) is 1. The molecule has 2 aromatic carbocycles. The van der Waals surface area contributed by atoms with Crippen LogP contribution in [0.4, 0.5) is 0 Å². The van der Waals surface area contributed by atoms with Crippen molar-refractivity contribution in [2.24, 2.45) is 0 Å². The van der Waals surface area contributed by atoms with Crippen LogP contribution in [0.2, 0.25) is 10.0 Å². The van der Waals surface area contributed by atoms with Gasteiger partial charge in [-0.05, 0) is 49.4 Å². The molecular weight excluding hydrogens is 403 g/mol. The largest absolute Gasteiger partial charge is 0.346 e. The van der Waals surface area contributed by atoms with Crippen molar-refractivity contribution < 1.29 is 4.79 Å². The maximum Gasteiger partial charge on any atom is 0.253 e. The van der Waals surface area contributed by atoms with Gasteiger partial charge in [-0.1, -0.05) is 72.8 Å². The third-order valence-electron chi connectivity index (χ3n) is 6.04. The number of amides is 1. The van der Waals surface area contributed by atoms with Crippen LogP contribution < -0.4 is 5.32 Å². The topological polar surface area (TPSA) is 42.0 Å². The molecule has 0 radical (unpaired) electrons. The van der Waals surface area contributed by atoms with Gasteiger partial charge in [0.2, 0.25) is 0 Å². The maximum atomic E-state index is 13.3. The van der Waals surface area contributed by atoms with Crippen molar-refractivity contribution in [1.29, 1.82) is 0 Å². The minimum Gasteiger partial charge on any atom is -0.346 e. The summed E-state index contributed by atoms with van der Waals surface area (Å²) >= 11 is 12.7. The number of aryl methyl sites for hydroxylation is 1. The average Bonchev–Trinajstić information content (AvgIpc) is 2.72. The lowest BCUT2D eigenvalue weighted by atomic mass is 9.77. The summed E-state index contributed by atoms with van der Waals surface area (Å²) < 4.78 is 0. The van der Waals surface area contributed by atoms with Crippen LogP contribution >= 0.6 is 23.2 Å². The summed E-state index contributed by atoms with van der Waals surface area (Å²) in [6, 6.07) is 13.6. The molecule has 1 aliphatic rings. The maximum absolute atomic E-state index is 13.3. The van der Waals surface area contributed by atoms with Crippen molar-refractivity contribution in [3.63, 3.8) is 0 Å². The minimum absolute atomic E-state index is 0.0687. The fourth-order valence-electron chi connectivity index (χ4n) is 4.44. The molecule has 1 fully saturated rings. The molecule has 1 amide bonds. The number of aromatic nitrogens is 1. The Kier molecular flexibility index (Phi) is 5.80. The summed E-state index contributed by atoms with van der Waals surface area (Å²) in [5.74, 6) is -0.0687. The lowest BCUT2D eigenvalue weighted by Crippen LogP contribution is -2.51. The second kappa shape index (κ2) is 8.33. The molecule has 0 aliphatic heterocycles. The fourth-order valence-corrected chi connectivity index (χ4v) is 4.83. The summed E-state index contributed by atoms with van der Waals surface area (Å²) in [5, 5.41) is 5.51. The van der Waals surface area contributed by atoms with Gasteiger partial charge in [0.1, 0.15) is 0 Å². The van der Waals surface area contributed by atoms with Gasteiger partial charge in [-0.25, -0.2) is 0 Å². The number of nitrogens with one attached hydrogen (secondary N) is 1. The van der Waals surface area contributed by atoms with Crippen molar-refractivity contribution in [2.75, 3.05) is 0 Å². The van der Waals surface area contributed by atoms with Gasteiger partial charge >= 0.3 is 0 Å². The van der Waals surface area contributed by atoms with Crippen LogP contribution in [0, 0.1) is 6.92 Å². The highest BCUT2D eigenvalue weighted by atomic mass is 35.5. The molecule has 0 bridgehead atoms. The van der Waals surface area contributed by atoms with Gasteiger partial charge in [0.05, 0.1) is 21.1 Å². The molecule has 1 heterocycles. The van der Waals surface area contributed by atoms with Crippen LogP contribution in [0.25, 0.3) is 10.9 Å². The molecule has 1 N–H and O–H groups in total. The first-order chi connectivity index (χ1) is 14.0. The van der Waals surface area contributed by atoms with E-state index in [0.29, 0.717) is 22.0 Å². The van der Waals surface area contributed by atoms with E-state index in [0.717, 1.165) is 47.7 Å². The van der Waals surface area contributed by atoms with Gasteiger partial charge < -0.3 is 5.32 Å². The number of carbonyl (C=O) groups is 1. The smallest absolute Gasteiger partial charge is 0.253 e. The molecule has 0 unspecified atom stereocenters. The highest BCUT2D eigenvalue weighted by Crippen LogP contribution is 2.35. The van der Waals surface area contributed by atoms with E-state index in [1.165, 1.54) is 6.42 Å². The molecule has 5 heteroatoms. The van der Waals surface area contributed by atoms with Crippen molar-refractivity contribution in [3.8, 4) is 0 Å². The Labute approximate surface area is 181 Å². The molecule has 150 valence electrons. The molecule has 0 saturated heterocycles. The Hall–Kier alpha value is -2.10. The van der Waals surface area contributed by atoms with Crippen molar-refractivity contribution >= 4 is 40.0 Å². The summed E-state index contributed by atoms with van der Waals surface area (Å²) in [6.45, 7) is 1.99. The molecule has 3 nitrogen and oxygen atoms in total. The van der Waals surface area contributed by atoms with Gasteiger partial charge in [0.25, 0.3) is 5.91 Å². The monoisotopic (exact) mass is 426 g/mol. The standard InChI is InChI=1S/C24H24Cl2N2O/c1-16-18-9-3-4-11-21(18)27-15-19(16)23(29)28-24(12-5-2-6-13-24)14-17-8-7-10-20(25)22(17)26/h3-4,7-11,15H,2,5-6,12-14H2,1H3,(H,28,29). The number of hydrogen-bond acceptors (Lipinski definition) is 2. The predicted molar refractivity (Wildman–Crippen MR) is 120 cm³/mol. The zero-order chi connectivity index (χ0) is 20.4. The number of halogens is 2. The van der Waals surface area contributed by atoms with E-state index >= 15 is 0 Å².